The Labute approximate surface area is 283 Å². The van der Waals surface area contributed by atoms with Gasteiger partial charge in [0.1, 0.15) is 24.4 Å². The number of alkyl halides is 1. The van der Waals surface area contributed by atoms with Crippen LogP contribution < -0.4 is 21.7 Å². The van der Waals surface area contributed by atoms with E-state index in [4.69, 9.17) is 22.1 Å². The van der Waals surface area contributed by atoms with Crippen molar-refractivity contribution in [3.05, 3.63) is 41.9 Å². The van der Waals surface area contributed by atoms with Crippen molar-refractivity contribution in [1.82, 2.24) is 30.5 Å². The van der Waals surface area contributed by atoms with E-state index in [0.29, 0.717) is 46.9 Å². The second-order valence-corrected chi connectivity index (χ2v) is 13.5. The molecule has 3 unspecified atom stereocenters. The zero-order valence-corrected chi connectivity index (χ0v) is 28.1. The highest BCUT2D eigenvalue weighted by atomic mass is 35.5. The third-order valence-electron chi connectivity index (χ3n) is 8.63. The Balaban J connectivity index is 1.01. The van der Waals surface area contributed by atoms with Crippen LogP contribution in [0.1, 0.15) is 67.4 Å². The molecule has 252 valence electrons. The zero-order chi connectivity index (χ0) is 33.3. The first-order valence-electron chi connectivity index (χ1n) is 16.2. The highest BCUT2D eigenvalue weighted by molar-refractivity contribution is 8.00. The van der Waals surface area contributed by atoms with Crippen LogP contribution in [-0.2, 0) is 20.9 Å². The highest BCUT2D eigenvalue weighted by Gasteiger charge is 2.42. The van der Waals surface area contributed by atoms with E-state index in [9.17, 15) is 19.2 Å². The molecule has 2 aromatic heterocycles. The molecule has 0 bridgehead atoms. The summed E-state index contributed by atoms with van der Waals surface area (Å²) in [7, 11) is 0. The summed E-state index contributed by atoms with van der Waals surface area (Å²) in [6.45, 7) is 2.79. The predicted octanol–water partition coefficient (Wildman–Crippen LogP) is 4.36. The number of urea groups is 1. The van der Waals surface area contributed by atoms with E-state index in [1.54, 1.807) is 4.57 Å². The molecule has 4 heterocycles. The molecule has 12 nitrogen and oxygen atoms in total. The van der Waals surface area contributed by atoms with Crippen LogP contribution in [0.3, 0.4) is 0 Å². The Morgan fingerprint density at radius 2 is 1.87 bits per heavy atom. The van der Waals surface area contributed by atoms with Crippen LogP contribution in [0.2, 0.25) is 0 Å². The van der Waals surface area contributed by atoms with E-state index < -0.39 is 0 Å². The van der Waals surface area contributed by atoms with E-state index >= 15 is 0 Å². The van der Waals surface area contributed by atoms with Gasteiger partial charge in [0.2, 0.25) is 5.91 Å². The summed E-state index contributed by atoms with van der Waals surface area (Å²) in [5.41, 5.74) is 9.57. The van der Waals surface area contributed by atoms with Crippen molar-refractivity contribution < 1.29 is 23.9 Å². The normalized spacial score (nSPS) is 18.5. The number of nitrogens with zero attached hydrogens (tertiary/aromatic N) is 3. The number of esters is 1. The van der Waals surface area contributed by atoms with Gasteiger partial charge in [-0.05, 0) is 38.2 Å². The van der Waals surface area contributed by atoms with Crippen LogP contribution in [0.25, 0.3) is 22.2 Å². The Morgan fingerprint density at radius 3 is 2.66 bits per heavy atom. The molecule has 0 radical (unpaired) electrons. The third kappa shape index (κ3) is 8.55. The maximum absolute atomic E-state index is 13.1. The molecule has 3 amide bonds. The number of ether oxygens (including phenoxy) is 1. The number of hydrogen-bond acceptors (Lipinski definition) is 9. The molecule has 2 saturated heterocycles. The summed E-state index contributed by atoms with van der Waals surface area (Å²) in [6, 6.07) is 8.09. The van der Waals surface area contributed by atoms with Crippen LogP contribution in [0.5, 0.6) is 0 Å². The number of Topliss-reactive ketones (excluding diaryl/α,β-unsaturated/α-hetero) is 1. The molecule has 2 aliphatic rings. The van der Waals surface area contributed by atoms with Gasteiger partial charge < -0.3 is 31.0 Å². The number of aromatic nitrogens is 3. The van der Waals surface area contributed by atoms with Crippen LogP contribution >= 0.6 is 23.4 Å². The number of rotatable bonds is 17. The van der Waals surface area contributed by atoms with E-state index in [1.165, 1.54) is 6.33 Å². The fourth-order valence-electron chi connectivity index (χ4n) is 6.25. The van der Waals surface area contributed by atoms with Crippen molar-refractivity contribution in [2.24, 2.45) is 0 Å². The fourth-order valence-corrected chi connectivity index (χ4v) is 7.92. The molecule has 3 atom stereocenters. The second-order valence-electron chi connectivity index (χ2n) is 12.0. The van der Waals surface area contributed by atoms with E-state index in [1.807, 2.05) is 43.0 Å². The molecular formula is C33H42ClN7O5S. The van der Waals surface area contributed by atoms with Crippen molar-refractivity contribution in [1.29, 1.82) is 0 Å². The molecule has 14 heteroatoms. The number of carbonyl (C=O) groups is 4. The summed E-state index contributed by atoms with van der Waals surface area (Å²) >= 11 is 7.91. The number of nitrogens with one attached hydrogen (secondary N) is 3. The van der Waals surface area contributed by atoms with Gasteiger partial charge in [0.05, 0.1) is 35.6 Å². The van der Waals surface area contributed by atoms with E-state index in [0.717, 1.165) is 49.0 Å². The number of nitrogens with two attached hydrogens (primary N) is 1. The number of thioether (sulfide) groups is 1. The number of anilines is 1. The minimum Gasteiger partial charge on any atom is -0.464 e. The predicted molar refractivity (Wildman–Crippen MR) is 184 cm³/mol. The van der Waals surface area contributed by atoms with Crippen LogP contribution in [-0.4, -0.2) is 80.3 Å². The van der Waals surface area contributed by atoms with Gasteiger partial charge in [0.25, 0.3) is 0 Å². The summed E-state index contributed by atoms with van der Waals surface area (Å²) in [4.78, 5) is 57.9. The summed E-state index contributed by atoms with van der Waals surface area (Å²) in [5, 5.41) is 9.88. The third-order valence-corrected chi connectivity index (χ3v) is 10.4. The molecular weight excluding hydrogens is 642 g/mol. The smallest absolute Gasteiger partial charge is 0.315 e. The van der Waals surface area contributed by atoms with Crippen molar-refractivity contribution in [3.63, 3.8) is 0 Å². The molecule has 0 aliphatic carbocycles. The van der Waals surface area contributed by atoms with Crippen molar-refractivity contribution >= 4 is 63.9 Å². The molecule has 0 saturated carbocycles. The highest BCUT2D eigenvalue weighted by Crippen LogP contribution is 2.37. The number of aryl methyl sites for hydroxylation is 1. The topological polar surface area (TPSA) is 170 Å². The lowest BCUT2D eigenvalue weighted by Gasteiger charge is -2.16. The fraction of sp³-hybridized carbons (Fsp3) is 0.515. The monoisotopic (exact) mass is 683 g/mol. The van der Waals surface area contributed by atoms with Crippen LogP contribution in [0.4, 0.5) is 10.6 Å². The largest absolute Gasteiger partial charge is 0.464 e. The molecule has 0 spiro atoms. The van der Waals surface area contributed by atoms with Crippen LogP contribution in [0, 0.1) is 6.92 Å². The van der Waals surface area contributed by atoms with Gasteiger partial charge in [-0.15, -0.1) is 11.6 Å². The van der Waals surface area contributed by atoms with Crippen molar-refractivity contribution in [2.75, 3.05) is 30.5 Å². The molecule has 2 aliphatic heterocycles. The number of benzene rings is 1. The molecule has 47 heavy (non-hydrogen) atoms. The number of fused-ring (bicyclic) bond motifs is 2. The number of nitrogen functional groups attached to an aromatic ring is 1. The van der Waals surface area contributed by atoms with Crippen LogP contribution in [0.15, 0.2) is 30.6 Å². The quantitative estimate of drug-likeness (QED) is 0.0531. The number of hydrogen-bond donors (Lipinski definition) is 4. The number of unbranched alkanes of at least 4 members (excludes halogenated alkanes) is 3. The maximum atomic E-state index is 13.1. The standard InChI is InChI=1S/C33H42ClN7O5S/c1-20-10-12-21(13-11-20)27-28-31(35)37-19-38-32(28)41(30(27)23(42)17-34)15-16-46-26(44)9-3-2-6-14-36-25(43)8-5-4-7-24-29-22(18-47-24)39-33(45)40-29/h10-13,19,22,24,29H,2-9,14-18H2,1H3,(H,36,43)(H2,35,37,38)(H2,39,40,45). The Kier molecular flexibility index (Phi) is 12.0. The number of ketones is 1. The average Bonchev–Trinajstić information content (AvgIpc) is 3.72. The molecule has 5 rings (SSSR count). The maximum Gasteiger partial charge on any atom is 0.315 e. The minimum atomic E-state index is -0.330. The SMILES string of the molecule is Cc1ccc(-c2c(C(=O)CCl)n(CCOC(=O)CCCCCNC(=O)CCCCC3SCC4NC(=O)NC43)c3ncnc(N)c23)cc1. The Bertz CT molecular complexity index is 1600. The average molecular weight is 684 g/mol. The lowest BCUT2D eigenvalue weighted by atomic mass is 10.00. The van der Waals surface area contributed by atoms with Crippen molar-refractivity contribution in [2.45, 2.75) is 82.2 Å². The second kappa shape index (κ2) is 16.3. The number of carbonyl (C=O) groups excluding carboxylic acids is 4. The molecule has 1 aromatic carbocycles. The lowest BCUT2D eigenvalue weighted by molar-refractivity contribution is -0.144. The van der Waals surface area contributed by atoms with E-state index in [-0.39, 0.29) is 67.0 Å². The lowest BCUT2D eigenvalue weighted by Crippen LogP contribution is -2.36. The van der Waals surface area contributed by atoms with Gasteiger partial charge in [-0.1, -0.05) is 42.7 Å². The molecule has 2 fully saturated rings. The van der Waals surface area contributed by atoms with Gasteiger partial charge >= 0.3 is 12.0 Å². The summed E-state index contributed by atoms with van der Waals surface area (Å²) < 4.78 is 7.22. The first kappa shape index (κ1) is 34.5. The summed E-state index contributed by atoms with van der Waals surface area (Å²) in [5.74, 6) is 0.372. The van der Waals surface area contributed by atoms with Gasteiger partial charge in [-0.2, -0.15) is 11.8 Å². The first-order valence-corrected chi connectivity index (χ1v) is 17.7. The van der Waals surface area contributed by atoms with Gasteiger partial charge in [0, 0.05) is 36.0 Å². The van der Waals surface area contributed by atoms with E-state index in [2.05, 4.69) is 25.9 Å². The molecule has 3 aromatic rings. The van der Waals surface area contributed by atoms with Gasteiger partial charge in [-0.25, -0.2) is 14.8 Å². The summed E-state index contributed by atoms with van der Waals surface area (Å²) in [6.07, 6.45) is 7.05. The Morgan fingerprint density at radius 1 is 1.09 bits per heavy atom. The zero-order valence-electron chi connectivity index (χ0n) is 26.6. The minimum absolute atomic E-state index is 0.0410. The first-order chi connectivity index (χ1) is 22.8. The Hall–Kier alpha value is -3.84. The molecule has 5 N–H and O–H groups in total. The number of amides is 3. The number of halogens is 1. The van der Waals surface area contributed by atoms with Gasteiger partial charge in [-0.3, -0.25) is 14.4 Å². The van der Waals surface area contributed by atoms with Crippen molar-refractivity contribution in [3.8, 4) is 11.1 Å². The van der Waals surface area contributed by atoms with Gasteiger partial charge in [0.15, 0.2) is 5.78 Å².